The van der Waals surface area contributed by atoms with Crippen molar-refractivity contribution < 1.29 is 18.6 Å². The minimum absolute atomic E-state index is 0.173. The summed E-state index contributed by atoms with van der Waals surface area (Å²) in [6, 6.07) is 9.78. The third-order valence-corrected chi connectivity index (χ3v) is 3.22. The van der Waals surface area contributed by atoms with Crippen LogP contribution in [0.3, 0.4) is 0 Å². The molecule has 5 nitrogen and oxygen atoms in total. The van der Waals surface area contributed by atoms with Crippen LogP contribution >= 0.6 is 12.2 Å². The van der Waals surface area contributed by atoms with E-state index in [4.69, 9.17) is 26.4 Å². The summed E-state index contributed by atoms with van der Waals surface area (Å²) in [5, 5.41) is 6.21. The Morgan fingerprint density at radius 3 is 2.00 bits per heavy atom. The quantitative estimate of drug-likeness (QED) is 0.813. The molecule has 0 saturated heterocycles. The normalized spacial score (nSPS) is 9.91. The predicted molar refractivity (Wildman–Crippen MR) is 92.3 cm³/mol. The summed E-state index contributed by atoms with van der Waals surface area (Å²) in [5.41, 5.74) is 1.20. The fraction of sp³-hybridized carbons (Fsp3) is 0.188. The monoisotopic (exact) mass is 336 g/mol. The van der Waals surface area contributed by atoms with E-state index in [1.165, 1.54) is 19.2 Å². The molecule has 23 heavy (non-hydrogen) atoms. The fourth-order valence-corrected chi connectivity index (χ4v) is 2.15. The highest BCUT2D eigenvalue weighted by atomic mass is 32.1. The molecule has 0 radical (unpaired) electrons. The SMILES string of the molecule is COc1cc(NC(=S)Nc2ccc(OC)c(F)c2)cc(OC)c1. The molecule has 2 aromatic carbocycles. The van der Waals surface area contributed by atoms with Crippen LogP contribution in [0.25, 0.3) is 0 Å². The summed E-state index contributed by atoms with van der Waals surface area (Å²) < 4.78 is 28.9. The van der Waals surface area contributed by atoms with E-state index in [9.17, 15) is 4.39 Å². The van der Waals surface area contributed by atoms with Crippen LogP contribution in [0.1, 0.15) is 0 Å². The van der Waals surface area contributed by atoms with Gasteiger partial charge in [-0.1, -0.05) is 0 Å². The highest BCUT2D eigenvalue weighted by Crippen LogP contribution is 2.26. The second kappa shape index (κ2) is 7.64. The highest BCUT2D eigenvalue weighted by molar-refractivity contribution is 7.80. The molecule has 2 N–H and O–H groups in total. The Hall–Kier alpha value is -2.54. The lowest BCUT2D eigenvalue weighted by molar-refractivity contribution is 0.387. The van der Waals surface area contributed by atoms with Crippen LogP contribution < -0.4 is 24.8 Å². The van der Waals surface area contributed by atoms with E-state index in [0.29, 0.717) is 28.0 Å². The van der Waals surface area contributed by atoms with Gasteiger partial charge in [-0.05, 0) is 24.4 Å². The smallest absolute Gasteiger partial charge is 0.175 e. The van der Waals surface area contributed by atoms with Crippen LogP contribution in [0.5, 0.6) is 17.2 Å². The summed E-state index contributed by atoms with van der Waals surface area (Å²) >= 11 is 5.22. The number of methoxy groups -OCH3 is 3. The minimum Gasteiger partial charge on any atom is -0.497 e. The molecule has 0 fully saturated rings. The van der Waals surface area contributed by atoms with E-state index in [0.717, 1.165) is 0 Å². The van der Waals surface area contributed by atoms with Gasteiger partial charge in [0.2, 0.25) is 0 Å². The first-order valence-electron chi connectivity index (χ1n) is 6.70. The lowest BCUT2D eigenvalue weighted by Crippen LogP contribution is -2.19. The third-order valence-electron chi connectivity index (χ3n) is 3.02. The van der Waals surface area contributed by atoms with Crippen molar-refractivity contribution in [2.24, 2.45) is 0 Å². The van der Waals surface area contributed by atoms with E-state index in [-0.39, 0.29) is 5.75 Å². The van der Waals surface area contributed by atoms with Gasteiger partial charge in [0.1, 0.15) is 11.5 Å². The number of rotatable bonds is 5. The van der Waals surface area contributed by atoms with E-state index >= 15 is 0 Å². The number of benzene rings is 2. The second-order valence-electron chi connectivity index (χ2n) is 4.53. The van der Waals surface area contributed by atoms with Gasteiger partial charge >= 0.3 is 0 Å². The Morgan fingerprint density at radius 2 is 1.48 bits per heavy atom. The summed E-state index contributed by atoms with van der Waals surface area (Å²) in [6.45, 7) is 0. The molecule has 0 atom stereocenters. The van der Waals surface area contributed by atoms with Crippen molar-refractivity contribution in [3.63, 3.8) is 0 Å². The Bertz CT molecular complexity index is 687. The van der Waals surface area contributed by atoms with Gasteiger partial charge in [-0.25, -0.2) is 4.39 Å². The van der Waals surface area contributed by atoms with Crippen LogP contribution in [-0.4, -0.2) is 26.4 Å². The average molecular weight is 336 g/mol. The average Bonchev–Trinajstić information content (AvgIpc) is 2.54. The van der Waals surface area contributed by atoms with Gasteiger partial charge in [0.25, 0.3) is 0 Å². The summed E-state index contributed by atoms with van der Waals surface area (Å²) in [5.74, 6) is 0.964. The van der Waals surface area contributed by atoms with Gasteiger partial charge in [-0.3, -0.25) is 0 Å². The number of halogens is 1. The minimum atomic E-state index is -0.469. The van der Waals surface area contributed by atoms with Crippen LogP contribution in [0.15, 0.2) is 36.4 Å². The van der Waals surface area contributed by atoms with Crippen molar-refractivity contribution in [3.8, 4) is 17.2 Å². The molecule has 0 heterocycles. The van der Waals surface area contributed by atoms with Gasteiger partial charge in [-0.15, -0.1) is 0 Å². The zero-order chi connectivity index (χ0) is 16.8. The van der Waals surface area contributed by atoms with Gasteiger partial charge < -0.3 is 24.8 Å². The Kier molecular flexibility index (Phi) is 5.59. The molecular weight excluding hydrogens is 319 g/mol. The van der Waals surface area contributed by atoms with E-state index < -0.39 is 5.82 Å². The van der Waals surface area contributed by atoms with Gasteiger partial charge in [-0.2, -0.15) is 0 Å². The Morgan fingerprint density at radius 1 is 0.870 bits per heavy atom. The molecule has 0 bridgehead atoms. The third kappa shape index (κ3) is 4.46. The number of anilines is 2. The van der Waals surface area contributed by atoms with Gasteiger partial charge in [0.05, 0.1) is 21.3 Å². The number of hydrogen-bond acceptors (Lipinski definition) is 4. The Balaban J connectivity index is 2.09. The molecule has 0 aliphatic rings. The lowest BCUT2D eigenvalue weighted by atomic mass is 10.2. The Labute approximate surface area is 139 Å². The van der Waals surface area contributed by atoms with Gasteiger partial charge in [0.15, 0.2) is 16.7 Å². The van der Waals surface area contributed by atoms with E-state index in [2.05, 4.69) is 10.6 Å². The summed E-state index contributed by atoms with van der Waals surface area (Å²) in [4.78, 5) is 0. The lowest BCUT2D eigenvalue weighted by Gasteiger charge is -2.13. The van der Waals surface area contributed by atoms with Gasteiger partial charge in [0, 0.05) is 35.6 Å². The fourth-order valence-electron chi connectivity index (χ4n) is 1.92. The van der Waals surface area contributed by atoms with Crippen LogP contribution in [-0.2, 0) is 0 Å². The zero-order valence-electron chi connectivity index (χ0n) is 13.0. The van der Waals surface area contributed by atoms with Crippen molar-refractivity contribution in [1.82, 2.24) is 0 Å². The van der Waals surface area contributed by atoms with Crippen molar-refractivity contribution >= 4 is 28.7 Å². The van der Waals surface area contributed by atoms with Crippen molar-refractivity contribution in [2.75, 3.05) is 32.0 Å². The zero-order valence-corrected chi connectivity index (χ0v) is 13.8. The molecule has 0 amide bonds. The number of thiocarbonyl (C=S) groups is 1. The highest BCUT2D eigenvalue weighted by Gasteiger charge is 2.07. The van der Waals surface area contributed by atoms with Crippen LogP contribution in [0.4, 0.5) is 15.8 Å². The maximum Gasteiger partial charge on any atom is 0.175 e. The van der Waals surface area contributed by atoms with Crippen LogP contribution in [0, 0.1) is 5.82 Å². The standard InChI is InChI=1S/C16H17FN2O3S/c1-20-12-6-11(7-13(9-12)21-2)19-16(23)18-10-4-5-15(22-3)14(17)8-10/h4-9H,1-3H3,(H2,18,19,23). The molecule has 2 aromatic rings. The molecule has 7 heteroatoms. The second-order valence-corrected chi connectivity index (χ2v) is 4.94. The largest absolute Gasteiger partial charge is 0.497 e. The van der Waals surface area contributed by atoms with E-state index in [1.807, 2.05) is 0 Å². The number of hydrogen-bond donors (Lipinski definition) is 2. The van der Waals surface area contributed by atoms with Crippen molar-refractivity contribution in [1.29, 1.82) is 0 Å². The summed E-state index contributed by atoms with van der Waals surface area (Å²) in [6.07, 6.45) is 0. The van der Waals surface area contributed by atoms with Crippen molar-refractivity contribution in [2.45, 2.75) is 0 Å². The molecule has 0 saturated carbocycles. The number of ether oxygens (including phenoxy) is 3. The molecule has 2 rings (SSSR count). The topological polar surface area (TPSA) is 51.8 Å². The number of nitrogens with one attached hydrogen (secondary N) is 2. The molecule has 0 aromatic heterocycles. The molecular formula is C16H17FN2O3S. The van der Waals surface area contributed by atoms with Crippen LogP contribution in [0.2, 0.25) is 0 Å². The van der Waals surface area contributed by atoms with Crippen molar-refractivity contribution in [3.05, 3.63) is 42.2 Å². The van der Waals surface area contributed by atoms with E-state index in [1.54, 1.807) is 38.5 Å². The predicted octanol–water partition coefficient (Wildman–Crippen LogP) is 3.66. The molecule has 0 aliphatic carbocycles. The molecule has 0 aliphatic heterocycles. The first-order valence-corrected chi connectivity index (χ1v) is 7.11. The molecule has 0 unspecified atom stereocenters. The first kappa shape index (κ1) is 16.8. The summed E-state index contributed by atoms with van der Waals surface area (Å²) in [7, 11) is 4.54. The molecule has 0 spiro atoms. The maximum absolute atomic E-state index is 13.7. The maximum atomic E-state index is 13.7. The first-order chi connectivity index (χ1) is 11.0. The molecule has 122 valence electrons.